The molecule has 0 spiro atoms. The number of aromatic carboxylic acids is 1. The summed E-state index contributed by atoms with van der Waals surface area (Å²) >= 11 is 0. The predicted molar refractivity (Wildman–Crippen MR) is 62.1 cm³/mol. The summed E-state index contributed by atoms with van der Waals surface area (Å²) in [6.07, 6.45) is 1.14. The lowest BCUT2D eigenvalue weighted by Gasteiger charge is -2.00. The van der Waals surface area contributed by atoms with Gasteiger partial charge in [0, 0.05) is 18.2 Å². The van der Waals surface area contributed by atoms with Crippen molar-refractivity contribution in [2.75, 3.05) is 0 Å². The average Bonchev–Trinajstić information content (AvgIpc) is 2.83. The number of carboxylic acids is 1. The average molecular weight is 265 g/mol. The Kier molecular flexibility index (Phi) is 3.41. The zero-order valence-corrected chi connectivity index (χ0v) is 9.61. The summed E-state index contributed by atoms with van der Waals surface area (Å²) in [6.45, 7) is 0. The van der Waals surface area contributed by atoms with E-state index in [9.17, 15) is 18.4 Å². The Balaban J connectivity index is 2.15. The normalized spacial score (nSPS) is 10.4. The lowest BCUT2D eigenvalue weighted by atomic mass is 10.0. The minimum Gasteiger partial charge on any atom is -0.477 e. The third kappa shape index (κ3) is 2.85. The van der Waals surface area contributed by atoms with Crippen molar-refractivity contribution in [3.63, 3.8) is 0 Å². The van der Waals surface area contributed by atoms with E-state index in [1.165, 1.54) is 18.3 Å². The molecule has 0 amide bonds. The van der Waals surface area contributed by atoms with Crippen molar-refractivity contribution in [3.05, 3.63) is 58.9 Å². The maximum absolute atomic E-state index is 13.0. The Morgan fingerprint density at radius 3 is 2.47 bits per heavy atom. The number of aromatic nitrogens is 1. The van der Waals surface area contributed by atoms with Crippen LogP contribution in [0.3, 0.4) is 0 Å². The van der Waals surface area contributed by atoms with Gasteiger partial charge in [-0.25, -0.2) is 13.6 Å². The molecular formula is C13H9F2NO3. The fourth-order valence-corrected chi connectivity index (χ4v) is 1.62. The summed E-state index contributed by atoms with van der Waals surface area (Å²) in [5.41, 5.74) is 0.401. The molecule has 0 unspecified atom stereocenters. The van der Waals surface area contributed by atoms with Crippen molar-refractivity contribution in [2.24, 2.45) is 0 Å². The van der Waals surface area contributed by atoms with Crippen molar-refractivity contribution >= 4 is 11.8 Å². The minimum absolute atomic E-state index is 0.103. The van der Waals surface area contributed by atoms with Crippen LogP contribution in [-0.4, -0.2) is 21.8 Å². The van der Waals surface area contributed by atoms with E-state index in [-0.39, 0.29) is 23.5 Å². The molecule has 19 heavy (non-hydrogen) atoms. The van der Waals surface area contributed by atoms with Gasteiger partial charge in [0.25, 0.3) is 0 Å². The molecule has 1 aromatic carbocycles. The number of aromatic amines is 1. The molecule has 0 atom stereocenters. The zero-order valence-electron chi connectivity index (χ0n) is 9.61. The predicted octanol–water partition coefficient (Wildman–Crippen LogP) is 2.42. The quantitative estimate of drug-likeness (QED) is 0.834. The Labute approximate surface area is 106 Å². The van der Waals surface area contributed by atoms with Crippen molar-refractivity contribution in [2.45, 2.75) is 6.42 Å². The third-order valence-corrected chi connectivity index (χ3v) is 2.58. The molecule has 4 nitrogen and oxygen atoms in total. The number of hydrogen-bond acceptors (Lipinski definition) is 2. The maximum Gasteiger partial charge on any atom is 0.352 e. The van der Waals surface area contributed by atoms with Gasteiger partial charge in [0.15, 0.2) is 17.4 Å². The van der Waals surface area contributed by atoms with E-state index in [0.29, 0.717) is 5.56 Å². The first-order chi connectivity index (χ1) is 8.97. The van der Waals surface area contributed by atoms with Gasteiger partial charge < -0.3 is 10.1 Å². The number of carbonyl (C=O) groups is 2. The van der Waals surface area contributed by atoms with Crippen LogP contribution < -0.4 is 0 Å². The molecule has 2 N–H and O–H groups in total. The molecule has 0 aliphatic heterocycles. The van der Waals surface area contributed by atoms with E-state index in [2.05, 4.69) is 4.98 Å². The van der Waals surface area contributed by atoms with E-state index in [4.69, 9.17) is 5.11 Å². The van der Waals surface area contributed by atoms with Crippen LogP contribution in [0.25, 0.3) is 0 Å². The highest BCUT2D eigenvalue weighted by Gasteiger charge is 2.13. The van der Waals surface area contributed by atoms with Gasteiger partial charge in [-0.2, -0.15) is 0 Å². The molecule has 2 rings (SSSR count). The summed E-state index contributed by atoms with van der Waals surface area (Å²) in [6, 6.07) is 4.39. The number of carboxylic acid groups (broad SMARTS) is 1. The van der Waals surface area contributed by atoms with Gasteiger partial charge in [-0.05, 0) is 23.8 Å². The van der Waals surface area contributed by atoms with Crippen molar-refractivity contribution < 1.29 is 23.5 Å². The number of ketones is 1. The molecule has 0 radical (unpaired) electrons. The zero-order chi connectivity index (χ0) is 14.0. The first kappa shape index (κ1) is 12.9. The number of Topliss-reactive ketones (excluding diaryl/α,β-unsaturated/α-hetero) is 1. The summed E-state index contributed by atoms with van der Waals surface area (Å²) in [5.74, 6) is -3.56. The SMILES string of the molecule is O=C(Cc1ccc(F)c(F)c1)c1c[nH]c(C(=O)O)c1. The van der Waals surface area contributed by atoms with Crippen LogP contribution in [0.2, 0.25) is 0 Å². The standard InChI is InChI=1S/C13H9F2NO3/c14-9-2-1-7(3-10(9)15)4-12(17)8-5-11(13(18)19)16-6-8/h1-3,5-6,16H,4H2,(H,18,19). The second-order valence-electron chi connectivity index (χ2n) is 3.96. The van der Waals surface area contributed by atoms with Gasteiger partial charge in [0.05, 0.1) is 0 Å². The van der Waals surface area contributed by atoms with Crippen molar-refractivity contribution in [1.82, 2.24) is 4.98 Å². The molecule has 0 saturated heterocycles. The fourth-order valence-electron chi connectivity index (χ4n) is 1.62. The van der Waals surface area contributed by atoms with E-state index >= 15 is 0 Å². The molecule has 0 bridgehead atoms. The number of carbonyl (C=O) groups excluding carboxylic acids is 1. The molecule has 6 heteroatoms. The Morgan fingerprint density at radius 2 is 1.89 bits per heavy atom. The van der Waals surface area contributed by atoms with Gasteiger partial charge in [0.2, 0.25) is 0 Å². The maximum atomic E-state index is 13.0. The fraction of sp³-hybridized carbons (Fsp3) is 0.0769. The van der Waals surface area contributed by atoms with Crippen LogP contribution in [0.1, 0.15) is 26.4 Å². The van der Waals surface area contributed by atoms with Gasteiger partial charge >= 0.3 is 5.97 Å². The van der Waals surface area contributed by atoms with Crippen LogP contribution in [0.5, 0.6) is 0 Å². The second kappa shape index (κ2) is 5.01. The first-order valence-electron chi connectivity index (χ1n) is 5.36. The summed E-state index contributed by atoms with van der Waals surface area (Å²) in [7, 11) is 0. The topological polar surface area (TPSA) is 70.2 Å². The highest BCUT2D eigenvalue weighted by molar-refractivity contribution is 5.99. The molecule has 1 aromatic heterocycles. The van der Waals surface area contributed by atoms with Gasteiger partial charge in [-0.1, -0.05) is 6.07 Å². The number of nitrogens with one attached hydrogen (secondary N) is 1. The Morgan fingerprint density at radius 1 is 1.16 bits per heavy atom. The second-order valence-corrected chi connectivity index (χ2v) is 3.96. The number of H-pyrrole nitrogens is 1. The van der Waals surface area contributed by atoms with Crippen LogP contribution in [0.4, 0.5) is 8.78 Å². The van der Waals surface area contributed by atoms with E-state index in [1.807, 2.05) is 0 Å². The lowest BCUT2D eigenvalue weighted by molar-refractivity contribution is 0.0691. The molecule has 98 valence electrons. The number of benzene rings is 1. The molecule has 1 heterocycles. The highest BCUT2D eigenvalue weighted by Crippen LogP contribution is 2.12. The monoisotopic (exact) mass is 265 g/mol. The van der Waals surface area contributed by atoms with Crippen molar-refractivity contribution in [1.29, 1.82) is 0 Å². The first-order valence-corrected chi connectivity index (χ1v) is 5.36. The minimum atomic E-state index is -1.17. The Bertz CT molecular complexity index is 649. The number of halogens is 2. The molecule has 0 fully saturated rings. The van der Waals surface area contributed by atoms with Gasteiger partial charge in [-0.15, -0.1) is 0 Å². The molecule has 0 aliphatic carbocycles. The van der Waals surface area contributed by atoms with E-state index in [1.54, 1.807) is 0 Å². The lowest BCUT2D eigenvalue weighted by Crippen LogP contribution is -2.03. The molecule has 0 aliphatic rings. The van der Waals surface area contributed by atoms with Crippen LogP contribution >= 0.6 is 0 Å². The van der Waals surface area contributed by atoms with Gasteiger partial charge in [0.1, 0.15) is 5.69 Å². The summed E-state index contributed by atoms with van der Waals surface area (Å²) < 4.78 is 25.7. The molecule has 2 aromatic rings. The smallest absolute Gasteiger partial charge is 0.352 e. The summed E-state index contributed by atoms with van der Waals surface area (Å²) in [4.78, 5) is 24.9. The molecule has 0 saturated carbocycles. The van der Waals surface area contributed by atoms with E-state index < -0.39 is 17.6 Å². The van der Waals surface area contributed by atoms with Crippen LogP contribution in [-0.2, 0) is 6.42 Å². The largest absolute Gasteiger partial charge is 0.477 e. The number of rotatable bonds is 4. The third-order valence-electron chi connectivity index (χ3n) is 2.58. The van der Waals surface area contributed by atoms with E-state index in [0.717, 1.165) is 12.1 Å². The summed E-state index contributed by atoms with van der Waals surface area (Å²) in [5, 5.41) is 8.70. The highest BCUT2D eigenvalue weighted by atomic mass is 19.2. The van der Waals surface area contributed by atoms with Crippen molar-refractivity contribution in [3.8, 4) is 0 Å². The van der Waals surface area contributed by atoms with Crippen LogP contribution in [0.15, 0.2) is 30.5 Å². The Hall–Kier alpha value is -2.50. The van der Waals surface area contributed by atoms with Gasteiger partial charge in [-0.3, -0.25) is 4.79 Å². The number of hydrogen-bond donors (Lipinski definition) is 2. The molecular weight excluding hydrogens is 256 g/mol. The van der Waals surface area contributed by atoms with Crippen LogP contribution in [0, 0.1) is 11.6 Å².